The summed E-state index contributed by atoms with van der Waals surface area (Å²) in [5.74, 6) is 2.52. The first-order chi connectivity index (χ1) is 11.9. The van der Waals surface area contributed by atoms with Crippen molar-refractivity contribution in [2.45, 2.75) is 70.9 Å². The number of carbonyl (C=O) groups is 2. The van der Waals surface area contributed by atoms with Gasteiger partial charge in [-0.25, -0.2) is 0 Å². The molecule has 2 amide bonds. The number of rotatable bonds is 4. The maximum Gasteiger partial charge on any atom is 0.245 e. The van der Waals surface area contributed by atoms with Crippen molar-refractivity contribution in [1.82, 2.24) is 10.2 Å². The van der Waals surface area contributed by atoms with Crippen LogP contribution in [0.25, 0.3) is 0 Å². The first kappa shape index (κ1) is 17.3. The minimum atomic E-state index is -0.411. The van der Waals surface area contributed by atoms with E-state index in [-0.39, 0.29) is 29.2 Å². The highest BCUT2D eigenvalue weighted by Gasteiger charge is 2.55. The fraction of sp³-hybridized carbons (Fsp3) is 0.900. The van der Waals surface area contributed by atoms with Gasteiger partial charge in [0.05, 0.1) is 0 Å². The van der Waals surface area contributed by atoms with E-state index in [4.69, 9.17) is 5.73 Å². The van der Waals surface area contributed by atoms with Crippen molar-refractivity contribution in [2.75, 3.05) is 13.1 Å². The standard InChI is InChI=1S/C20H33N3O2/c1-12(2)17(18(24)23-4-3-16(21)11-23)22-19(25)20-8-13-5-14(9-20)7-15(6-13)10-20/h12-17H,3-11,21H2,1-2H3,(H,22,25)/t13?,14?,15?,16-,17?,20?/m1/s1. The van der Waals surface area contributed by atoms with E-state index < -0.39 is 6.04 Å². The van der Waals surface area contributed by atoms with Crippen LogP contribution in [0.2, 0.25) is 0 Å². The van der Waals surface area contributed by atoms with Crippen molar-refractivity contribution in [3.8, 4) is 0 Å². The lowest BCUT2D eigenvalue weighted by molar-refractivity contribution is -0.150. The Morgan fingerprint density at radius 2 is 1.64 bits per heavy atom. The van der Waals surface area contributed by atoms with Gasteiger partial charge in [-0.3, -0.25) is 9.59 Å². The van der Waals surface area contributed by atoms with E-state index in [1.165, 1.54) is 19.3 Å². The molecular formula is C20H33N3O2. The Morgan fingerprint density at radius 1 is 1.08 bits per heavy atom. The highest BCUT2D eigenvalue weighted by molar-refractivity contribution is 5.90. The zero-order chi connectivity index (χ0) is 17.8. The largest absolute Gasteiger partial charge is 0.344 e. The van der Waals surface area contributed by atoms with Crippen LogP contribution < -0.4 is 11.1 Å². The number of amides is 2. The second kappa shape index (κ2) is 6.26. The molecule has 5 aliphatic rings. The number of likely N-dealkylation sites (tertiary alicyclic amines) is 1. The van der Waals surface area contributed by atoms with E-state index in [1.807, 2.05) is 18.7 Å². The van der Waals surface area contributed by atoms with Crippen LogP contribution in [-0.2, 0) is 9.59 Å². The number of nitrogens with two attached hydrogens (primary N) is 1. The zero-order valence-electron chi connectivity index (χ0n) is 15.7. The number of nitrogens with zero attached hydrogens (tertiary/aromatic N) is 1. The molecule has 0 aromatic rings. The maximum atomic E-state index is 13.3. The van der Waals surface area contributed by atoms with Gasteiger partial charge in [-0.1, -0.05) is 13.8 Å². The van der Waals surface area contributed by atoms with Crippen LogP contribution in [0.1, 0.15) is 58.8 Å². The van der Waals surface area contributed by atoms with Gasteiger partial charge in [0.2, 0.25) is 11.8 Å². The van der Waals surface area contributed by atoms with Gasteiger partial charge >= 0.3 is 0 Å². The van der Waals surface area contributed by atoms with E-state index in [0.29, 0.717) is 6.54 Å². The Morgan fingerprint density at radius 3 is 2.08 bits per heavy atom. The Bertz CT molecular complexity index is 524. The molecule has 0 radical (unpaired) electrons. The Hall–Kier alpha value is -1.10. The van der Waals surface area contributed by atoms with E-state index in [1.54, 1.807) is 0 Å². The van der Waals surface area contributed by atoms with E-state index in [9.17, 15) is 9.59 Å². The first-order valence-corrected chi connectivity index (χ1v) is 10.2. The Kier molecular flexibility index (Phi) is 4.33. The number of nitrogens with one attached hydrogen (secondary N) is 1. The maximum absolute atomic E-state index is 13.3. The summed E-state index contributed by atoms with van der Waals surface area (Å²) < 4.78 is 0. The van der Waals surface area contributed by atoms with Gasteiger partial charge in [-0.2, -0.15) is 0 Å². The molecule has 2 atom stereocenters. The lowest BCUT2D eigenvalue weighted by atomic mass is 9.49. The van der Waals surface area contributed by atoms with Crippen molar-refractivity contribution in [3.63, 3.8) is 0 Å². The molecule has 1 unspecified atom stereocenters. The summed E-state index contributed by atoms with van der Waals surface area (Å²) in [6, 6.07) is -0.332. The smallest absolute Gasteiger partial charge is 0.245 e. The van der Waals surface area contributed by atoms with Gasteiger partial charge < -0.3 is 16.0 Å². The van der Waals surface area contributed by atoms with Crippen molar-refractivity contribution >= 4 is 11.8 Å². The molecule has 1 saturated heterocycles. The summed E-state index contributed by atoms with van der Waals surface area (Å²) in [7, 11) is 0. The third kappa shape index (κ3) is 3.09. The highest BCUT2D eigenvalue weighted by Crippen LogP contribution is 2.60. The van der Waals surface area contributed by atoms with Gasteiger partial charge in [0.15, 0.2) is 0 Å². The number of hydrogen-bond donors (Lipinski definition) is 2. The van der Waals surface area contributed by atoms with Crippen LogP contribution >= 0.6 is 0 Å². The third-order valence-corrected chi connectivity index (χ3v) is 7.28. The summed E-state index contributed by atoms with van der Waals surface area (Å²) in [4.78, 5) is 28.1. The minimum Gasteiger partial charge on any atom is -0.344 e. The van der Waals surface area contributed by atoms with Crippen LogP contribution in [0.4, 0.5) is 0 Å². The molecule has 140 valence electrons. The van der Waals surface area contributed by atoms with E-state index in [2.05, 4.69) is 5.32 Å². The van der Waals surface area contributed by atoms with Crippen molar-refractivity contribution in [2.24, 2.45) is 34.8 Å². The van der Waals surface area contributed by atoms with Gasteiger partial charge in [0, 0.05) is 24.5 Å². The number of carbonyl (C=O) groups excluding carboxylic acids is 2. The molecule has 5 fully saturated rings. The molecule has 5 heteroatoms. The quantitative estimate of drug-likeness (QED) is 0.815. The number of hydrogen-bond acceptors (Lipinski definition) is 3. The molecule has 0 aromatic carbocycles. The SMILES string of the molecule is CC(C)C(NC(=O)C12CC3CC(CC(C3)C1)C2)C(=O)N1CC[C@@H](N)C1. The lowest BCUT2D eigenvalue weighted by Gasteiger charge is -2.56. The summed E-state index contributed by atoms with van der Waals surface area (Å²) >= 11 is 0. The van der Waals surface area contributed by atoms with Crippen LogP contribution in [0, 0.1) is 29.1 Å². The Labute approximate surface area is 151 Å². The first-order valence-electron chi connectivity index (χ1n) is 10.2. The molecule has 5 nitrogen and oxygen atoms in total. The zero-order valence-corrected chi connectivity index (χ0v) is 15.7. The fourth-order valence-corrected chi connectivity index (χ4v) is 6.38. The van der Waals surface area contributed by atoms with Crippen LogP contribution in [-0.4, -0.2) is 41.9 Å². The van der Waals surface area contributed by atoms with Crippen molar-refractivity contribution < 1.29 is 9.59 Å². The normalized spacial score (nSPS) is 40.6. The van der Waals surface area contributed by atoms with Crippen LogP contribution in [0.15, 0.2) is 0 Å². The molecule has 5 rings (SSSR count). The van der Waals surface area contributed by atoms with E-state index in [0.717, 1.165) is 50.0 Å². The summed E-state index contributed by atoms with van der Waals surface area (Å²) in [6.07, 6.45) is 7.95. The average Bonchev–Trinajstić information content (AvgIpc) is 2.96. The average molecular weight is 348 g/mol. The highest BCUT2D eigenvalue weighted by atomic mass is 16.2. The van der Waals surface area contributed by atoms with E-state index >= 15 is 0 Å². The molecule has 1 heterocycles. The molecular weight excluding hydrogens is 314 g/mol. The van der Waals surface area contributed by atoms with Crippen molar-refractivity contribution in [3.05, 3.63) is 0 Å². The third-order valence-electron chi connectivity index (χ3n) is 7.28. The molecule has 25 heavy (non-hydrogen) atoms. The van der Waals surface area contributed by atoms with Gasteiger partial charge in [0.1, 0.15) is 6.04 Å². The molecule has 4 bridgehead atoms. The molecule has 4 saturated carbocycles. The second-order valence-corrected chi connectivity index (χ2v) is 9.73. The summed E-state index contributed by atoms with van der Waals surface area (Å²) in [5.41, 5.74) is 5.77. The summed E-state index contributed by atoms with van der Waals surface area (Å²) in [6.45, 7) is 5.39. The molecule has 0 aromatic heterocycles. The monoisotopic (exact) mass is 347 g/mol. The lowest BCUT2D eigenvalue weighted by Crippen LogP contribution is -2.58. The minimum absolute atomic E-state index is 0.0565. The second-order valence-electron chi connectivity index (χ2n) is 9.73. The van der Waals surface area contributed by atoms with Gasteiger partial charge in [-0.15, -0.1) is 0 Å². The summed E-state index contributed by atoms with van der Waals surface area (Å²) in [5, 5.41) is 3.19. The van der Waals surface area contributed by atoms with Crippen LogP contribution in [0.3, 0.4) is 0 Å². The van der Waals surface area contributed by atoms with Crippen molar-refractivity contribution in [1.29, 1.82) is 0 Å². The van der Waals surface area contributed by atoms with Gasteiger partial charge in [-0.05, 0) is 68.6 Å². The molecule has 0 spiro atoms. The van der Waals surface area contributed by atoms with Crippen LogP contribution in [0.5, 0.6) is 0 Å². The molecule has 1 aliphatic heterocycles. The predicted octanol–water partition coefficient (Wildman–Crippen LogP) is 1.90. The predicted molar refractivity (Wildman–Crippen MR) is 96.5 cm³/mol. The molecule has 3 N–H and O–H groups in total. The fourth-order valence-electron chi connectivity index (χ4n) is 6.38. The topological polar surface area (TPSA) is 75.4 Å². The van der Waals surface area contributed by atoms with Gasteiger partial charge in [0.25, 0.3) is 0 Å². The molecule has 4 aliphatic carbocycles. The Balaban J connectivity index is 1.47.